The van der Waals surface area contributed by atoms with Crippen LogP contribution in [0.1, 0.15) is 61.0 Å². The van der Waals surface area contributed by atoms with Crippen molar-refractivity contribution in [3.8, 4) is 11.5 Å². The molecule has 0 saturated carbocycles. The maximum absolute atomic E-state index is 12.2. The monoisotopic (exact) mass is 497 g/mol. The molecule has 0 aromatic heterocycles. The van der Waals surface area contributed by atoms with E-state index in [1.165, 1.54) is 25.1 Å². The first-order valence-electron chi connectivity index (χ1n) is 11.0. The second-order valence-electron chi connectivity index (χ2n) is 9.77. The average molecular weight is 498 g/mol. The normalized spacial score (nSPS) is 13.2. The lowest BCUT2D eigenvalue weighted by Crippen LogP contribution is -2.36. The highest BCUT2D eigenvalue weighted by molar-refractivity contribution is 5.76. The Balaban J connectivity index is 2.99. The van der Waals surface area contributed by atoms with Crippen LogP contribution >= 0.6 is 0 Å². The van der Waals surface area contributed by atoms with Gasteiger partial charge in [-0.3, -0.25) is 9.59 Å². The number of carbonyl (C=O) groups excluding carboxylic acids is 4. The van der Waals surface area contributed by atoms with Gasteiger partial charge in [-0.25, -0.2) is 9.59 Å². The Hall–Kier alpha value is -3.34. The molecule has 2 N–H and O–H groups in total. The minimum atomic E-state index is -1.06. The van der Waals surface area contributed by atoms with E-state index in [0.29, 0.717) is 5.56 Å². The van der Waals surface area contributed by atoms with Crippen molar-refractivity contribution in [2.75, 3.05) is 6.61 Å². The number of esters is 2. The second-order valence-corrected chi connectivity index (χ2v) is 9.77. The highest BCUT2D eigenvalue weighted by Crippen LogP contribution is 2.30. The molecule has 0 spiro atoms. The minimum absolute atomic E-state index is 0.0121. The fraction of sp³-hybridized carbons (Fsp3) is 0.583. The van der Waals surface area contributed by atoms with Crippen LogP contribution in [0.5, 0.6) is 11.5 Å². The maximum Gasteiger partial charge on any atom is 0.514 e. The highest BCUT2D eigenvalue weighted by atomic mass is 16.8. The van der Waals surface area contributed by atoms with Crippen LogP contribution in [-0.4, -0.2) is 54.2 Å². The van der Waals surface area contributed by atoms with Crippen molar-refractivity contribution in [2.45, 2.75) is 85.2 Å². The standard InChI is InChI=1S/C24H35NO10/c1-14(31-15(2)26)13-30-20(27)17(25)11-16-9-10-18(32-21(28)34-23(3,4)5)19(12-16)33-22(29)35-24(6,7)8/h9-10,12,14,17H,11,13,25H2,1-8H3/t14-,17-/m0/s1. The molecule has 11 nitrogen and oxygen atoms in total. The molecule has 0 heterocycles. The van der Waals surface area contributed by atoms with Gasteiger partial charge in [-0.1, -0.05) is 6.07 Å². The molecule has 0 aliphatic carbocycles. The van der Waals surface area contributed by atoms with Gasteiger partial charge in [0.15, 0.2) is 11.5 Å². The van der Waals surface area contributed by atoms with Crippen LogP contribution in [0.2, 0.25) is 0 Å². The van der Waals surface area contributed by atoms with Crippen molar-refractivity contribution in [1.29, 1.82) is 0 Å². The number of benzene rings is 1. The summed E-state index contributed by atoms with van der Waals surface area (Å²) in [6, 6.07) is 3.24. The van der Waals surface area contributed by atoms with Gasteiger partial charge in [0.05, 0.1) is 0 Å². The van der Waals surface area contributed by atoms with Gasteiger partial charge >= 0.3 is 24.2 Å². The molecule has 1 aromatic carbocycles. The zero-order valence-electron chi connectivity index (χ0n) is 21.5. The van der Waals surface area contributed by atoms with Gasteiger partial charge in [0.2, 0.25) is 0 Å². The fourth-order valence-corrected chi connectivity index (χ4v) is 2.53. The molecule has 0 saturated heterocycles. The van der Waals surface area contributed by atoms with Crippen LogP contribution in [0.3, 0.4) is 0 Å². The summed E-state index contributed by atoms with van der Waals surface area (Å²) in [6.45, 7) is 12.7. The summed E-state index contributed by atoms with van der Waals surface area (Å²) in [5.74, 6) is -1.44. The first-order valence-corrected chi connectivity index (χ1v) is 11.0. The van der Waals surface area contributed by atoms with E-state index in [-0.39, 0.29) is 24.5 Å². The quantitative estimate of drug-likeness (QED) is 0.318. The van der Waals surface area contributed by atoms with Gasteiger partial charge in [0.25, 0.3) is 0 Å². The van der Waals surface area contributed by atoms with Crippen molar-refractivity contribution in [3.63, 3.8) is 0 Å². The number of hydrogen-bond donors (Lipinski definition) is 1. The van der Waals surface area contributed by atoms with Crippen LogP contribution in [0.25, 0.3) is 0 Å². The van der Waals surface area contributed by atoms with E-state index in [1.54, 1.807) is 48.5 Å². The Morgan fingerprint density at radius 3 is 1.89 bits per heavy atom. The third-order valence-corrected chi connectivity index (χ3v) is 3.76. The lowest BCUT2D eigenvalue weighted by atomic mass is 10.1. The van der Waals surface area contributed by atoms with E-state index < -0.39 is 47.6 Å². The molecule has 1 rings (SSSR count). The lowest BCUT2D eigenvalue weighted by molar-refractivity contribution is -0.157. The van der Waals surface area contributed by atoms with E-state index >= 15 is 0 Å². The summed E-state index contributed by atoms with van der Waals surface area (Å²) in [6.07, 6.45) is -2.63. The van der Waals surface area contributed by atoms with Gasteiger partial charge in [-0.05, 0) is 72.6 Å². The zero-order chi connectivity index (χ0) is 27.0. The van der Waals surface area contributed by atoms with Crippen LogP contribution in [0.4, 0.5) is 9.59 Å². The molecule has 0 bridgehead atoms. The molecule has 0 amide bonds. The summed E-state index contributed by atoms with van der Waals surface area (Å²) in [5.41, 5.74) is 4.80. The van der Waals surface area contributed by atoms with Crippen LogP contribution in [0, 0.1) is 0 Å². The number of ether oxygens (including phenoxy) is 6. The van der Waals surface area contributed by atoms with E-state index in [9.17, 15) is 19.2 Å². The minimum Gasteiger partial charge on any atom is -0.461 e. The summed E-state index contributed by atoms with van der Waals surface area (Å²) in [5, 5.41) is 0. The maximum atomic E-state index is 12.2. The van der Waals surface area contributed by atoms with Crippen LogP contribution < -0.4 is 15.2 Å². The Bertz CT molecular complexity index is 914. The zero-order valence-corrected chi connectivity index (χ0v) is 21.5. The van der Waals surface area contributed by atoms with E-state index in [1.807, 2.05) is 0 Å². The Morgan fingerprint density at radius 1 is 0.886 bits per heavy atom. The first kappa shape index (κ1) is 29.7. The molecule has 0 unspecified atom stereocenters. The van der Waals surface area contributed by atoms with Gasteiger partial charge in [0.1, 0.15) is 30.0 Å². The number of carbonyl (C=O) groups is 4. The molecular formula is C24H35NO10. The Labute approximate surface area is 205 Å². The van der Waals surface area contributed by atoms with Gasteiger partial charge in [0, 0.05) is 6.92 Å². The fourth-order valence-electron chi connectivity index (χ4n) is 2.53. The molecule has 0 aliphatic rings. The SMILES string of the molecule is CC(=O)O[C@@H](C)COC(=O)[C@@H](N)Cc1ccc(OC(=O)OC(C)(C)C)c(OC(=O)OC(C)(C)C)c1. The topological polar surface area (TPSA) is 150 Å². The molecule has 1 aromatic rings. The predicted molar refractivity (Wildman–Crippen MR) is 124 cm³/mol. The van der Waals surface area contributed by atoms with Gasteiger partial charge in [-0.2, -0.15) is 0 Å². The number of nitrogens with two attached hydrogens (primary N) is 1. The van der Waals surface area contributed by atoms with Crippen molar-refractivity contribution in [1.82, 2.24) is 0 Å². The van der Waals surface area contributed by atoms with Crippen molar-refractivity contribution >= 4 is 24.2 Å². The summed E-state index contributed by atoms with van der Waals surface area (Å²) in [4.78, 5) is 47.5. The van der Waals surface area contributed by atoms with Crippen molar-refractivity contribution < 1.29 is 47.6 Å². The summed E-state index contributed by atoms with van der Waals surface area (Å²) in [7, 11) is 0. The third-order valence-electron chi connectivity index (χ3n) is 3.76. The summed E-state index contributed by atoms with van der Waals surface area (Å²) >= 11 is 0. The predicted octanol–water partition coefficient (Wildman–Crippen LogP) is 3.68. The molecular weight excluding hydrogens is 462 g/mol. The third kappa shape index (κ3) is 12.6. The molecule has 2 atom stereocenters. The smallest absolute Gasteiger partial charge is 0.461 e. The van der Waals surface area contributed by atoms with Crippen LogP contribution in [-0.2, 0) is 35.0 Å². The molecule has 11 heteroatoms. The number of hydrogen-bond acceptors (Lipinski definition) is 11. The Kier molecular flexibility index (Phi) is 10.5. The molecule has 0 radical (unpaired) electrons. The molecule has 0 aliphatic heterocycles. The van der Waals surface area contributed by atoms with Crippen molar-refractivity contribution in [2.24, 2.45) is 5.73 Å². The van der Waals surface area contributed by atoms with E-state index in [2.05, 4.69) is 0 Å². The summed E-state index contributed by atoms with van der Waals surface area (Å²) < 4.78 is 30.7. The van der Waals surface area contributed by atoms with E-state index in [4.69, 9.17) is 34.2 Å². The van der Waals surface area contributed by atoms with Gasteiger partial charge in [-0.15, -0.1) is 0 Å². The second kappa shape index (κ2) is 12.4. The largest absolute Gasteiger partial charge is 0.514 e. The highest BCUT2D eigenvalue weighted by Gasteiger charge is 2.24. The molecule has 35 heavy (non-hydrogen) atoms. The van der Waals surface area contributed by atoms with Crippen LogP contribution in [0.15, 0.2) is 18.2 Å². The first-order chi connectivity index (χ1) is 15.9. The Morgan fingerprint density at radius 2 is 1.40 bits per heavy atom. The van der Waals surface area contributed by atoms with Crippen molar-refractivity contribution in [3.05, 3.63) is 23.8 Å². The number of rotatable bonds is 8. The average Bonchev–Trinajstić information content (AvgIpc) is 2.64. The van der Waals surface area contributed by atoms with E-state index in [0.717, 1.165) is 0 Å². The van der Waals surface area contributed by atoms with Gasteiger partial charge < -0.3 is 34.2 Å². The molecule has 196 valence electrons. The lowest BCUT2D eigenvalue weighted by Gasteiger charge is -2.21. The molecule has 0 fully saturated rings.